The van der Waals surface area contributed by atoms with Gasteiger partial charge >= 0.3 is 0 Å². The fourth-order valence-corrected chi connectivity index (χ4v) is 2.18. The molecule has 0 saturated heterocycles. The molecule has 0 radical (unpaired) electrons. The number of hydrogen-bond acceptors (Lipinski definition) is 2. The Hall–Kier alpha value is -1.81. The van der Waals surface area contributed by atoms with Gasteiger partial charge in [-0.15, -0.1) is 0 Å². The zero-order valence-electron chi connectivity index (χ0n) is 11.1. The number of halogens is 1. The first-order valence-corrected chi connectivity index (χ1v) is 6.66. The maximum Gasteiger partial charge on any atom is 0.124 e. The van der Waals surface area contributed by atoms with E-state index >= 15 is 0 Å². The number of hydrogen-bond donors (Lipinski definition) is 2. The number of amidine groups is 1. The Morgan fingerprint density at radius 1 is 1.32 bits per heavy atom. The normalized spacial score (nSPS) is 10.7. The molecule has 4 nitrogen and oxygen atoms in total. The molecule has 0 amide bonds. The van der Waals surface area contributed by atoms with Crippen molar-refractivity contribution in [3.63, 3.8) is 0 Å². The first kappa shape index (κ1) is 13.6. The molecule has 0 spiro atoms. The van der Waals surface area contributed by atoms with Crippen molar-refractivity contribution in [3.05, 3.63) is 46.2 Å². The molecule has 1 heterocycles. The zero-order valence-corrected chi connectivity index (χ0v) is 11.8. The summed E-state index contributed by atoms with van der Waals surface area (Å²) in [6.45, 7) is 4.14. The number of nitrogens with one attached hydrogen (secondary N) is 1. The second-order valence-electron chi connectivity index (χ2n) is 4.32. The predicted molar refractivity (Wildman–Crippen MR) is 78.3 cm³/mol. The van der Waals surface area contributed by atoms with Crippen molar-refractivity contribution in [1.29, 1.82) is 5.41 Å². The van der Waals surface area contributed by atoms with E-state index in [9.17, 15) is 0 Å². The van der Waals surface area contributed by atoms with E-state index in [-0.39, 0.29) is 5.84 Å². The lowest BCUT2D eigenvalue weighted by Gasteiger charge is -2.11. The minimum Gasteiger partial charge on any atom is -0.384 e. The molecule has 0 bridgehead atoms. The summed E-state index contributed by atoms with van der Waals surface area (Å²) in [5.74, 6) is 0.0160. The molecule has 0 aliphatic heterocycles. The minimum absolute atomic E-state index is 0.0160. The van der Waals surface area contributed by atoms with Crippen LogP contribution in [0.5, 0.6) is 0 Å². The summed E-state index contributed by atoms with van der Waals surface area (Å²) in [5, 5.41) is 12.8. The molecular formula is C14H17ClN4. The van der Waals surface area contributed by atoms with Crippen molar-refractivity contribution in [2.75, 3.05) is 0 Å². The standard InChI is InChI=1S/C14H17ClN4/c1-3-10-8-11(4-2)19(18-10)13-7-9(15)5-6-12(13)14(16)17/h5-8H,3-4H2,1-2H3,(H3,16,17). The summed E-state index contributed by atoms with van der Waals surface area (Å²) in [5.41, 5.74) is 9.14. The van der Waals surface area contributed by atoms with Gasteiger partial charge in [0.15, 0.2) is 0 Å². The van der Waals surface area contributed by atoms with Gasteiger partial charge in [-0.05, 0) is 37.1 Å². The number of nitrogens with two attached hydrogens (primary N) is 1. The average molecular weight is 277 g/mol. The van der Waals surface area contributed by atoms with Crippen molar-refractivity contribution >= 4 is 17.4 Å². The predicted octanol–water partition coefficient (Wildman–Crippen LogP) is 2.93. The molecule has 0 saturated carbocycles. The van der Waals surface area contributed by atoms with Gasteiger partial charge in [-0.1, -0.05) is 25.4 Å². The molecule has 100 valence electrons. The van der Waals surface area contributed by atoms with Crippen molar-refractivity contribution in [1.82, 2.24) is 9.78 Å². The summed E-state index contributed by atoms with van der Waals surface area (Å²) in [6.07, 6.45) is 1.73. The molecule has 2 rings (SSSR count). The van der Waals surface area contributed by atoms with Gasteiger partial charge in [0.1, 0.15) is 5.84 Å². The summed E-state index contributed by atoms with van der Waals surface area (Å²) < 4.78 is 1.83. The fraction of sp³-hybridized carbons (Fsp3) is 0.286. The third-order valence-electron chi connectivity index (χ3n) is 3.04. The Balaban J connectivity index is 2.66. The molecule has 19 heavy (non-hydrogen) atoms. The molecule has 0 atom stereocenters. The van der Waals surface area contributed by atoms with Crippen LogP contribution in [0.3, 0.4) is 0 Å². The topological polar surface area (TPSA) is 67.7 Å². The smallest absolute Gasteiger partial charge is 0.124 e. The second kappa shape index (κ2) is 5.45. The largest absolute Gasteiger partial charge is 0.384 e. The number of benzene rings is 1. The van der Waals surface area contributed by atoms with Crippen molar-refractivity contribution < 1.29 is 0 Å². The molecule has 5 heteroatoms. The molecule has 0 aliphatic rings. The lowest BCUT2D eigenvalue weighted by molar-refractivity contribution is 0.792. The summed E-state index contributed by atoms with van der Waals surface area (Å²) >= 11 is 6.06. The highest BCUT2D eigenvalue weighted by atomic mass is 35.5. The van der Waals surface area contributed by atoms with Crippen LogP contribution in [0.4, 0.5) is 0 Å². The summed E-state index contributed by atoms with van der Waals surface area (Å²) in [6, 6.07) is 7.36. The van der Waals surface area contributed by atoms with E-state index in [4.69, 9.17) is 22.7 Å². The average Bonchev–Trinajstić information content (AvgIpc) is 2.81. The fourth-order valence-electron chi connectivity index (χ4n) is 2.02. The second-order valence-corrected chi connectivity index (χ2v) is 4.76. The van der Waals surface area contributed by atoms with Gasteiger partial charge in [-0.2, -0.15) is 5.10 Å². The Morgan fingerprint density at radius 2 is 2.05 bits per heavy atom. The van der Waals surface area contributed by atoms with Crippen LogP contribution in [0.1, 0.15) is 30.8 Å². The van der Waals surface area contributed by atoms with Gasteiger partial charge in [0.05, 0.1) is 11.4 Å². The van der Waals surface area contributed by atoms with Crippen LogP contribution in [0.2, 0.25) is 5.02 Å². The van der Waals surface area contributed by atoms with Gasteiger partial charge in [0.25, 0.3) is 0 Å². The maximum atomic E-state index is 7.67. The molecule has 1 aromatic carbocycles. The molecule has 0 fully saturated rings. The van der Waals surface area contributed by atoms with Gasteiger partial charge in [-0.3, -0.25) is 5.41 Å². The van der Waals surface area contributed by atoms with Gasteiger partial charge in [0, 0.05) is 16.3 Å². The number of rotatable bonds is 4. The highest BCUT2D eigenvalue weighted by Gasteiger charge is 2.13. The van der Waals surface area contributed by atoms with Crippen LogP contribution in [-0.2, 0) is 12.8 Å². The van der Waals surface area contributed by atoms with Crippen molar-refractivity contribution in [2.24, 2.45) is 5.73 Å². The van der Waals surface area contributed by atoms with E-state index in [1.165, 1.54) is 0 Å². The highest BCUT2D eigenvalue weighted by molar-refractivity contribution is 6.31. The molecule has 0 aliphatic carbocycles. The monoisotopic (exact) mass is 276 g/mol. The Bertz CT molecular complexity index is 616. The van der Waals surface area contributed by atoms with Crippen LogP contribution < -0.4 is 5.73 Å². The van der Waals surface area contributed by atoms with E-state index in [2.05, 4.69) is 25.0 Å². The van der Waals surface area contributed by atoms with Crippen LogP contribution in [0, 0.1) is 5.41 Å². The third kappa shape index (κ3) is 2.63. The zero-order chi connectivity index (χ0) is 14.0. The lowest BCUT2D eigenvalue weighted by atomic mass is 10.1. The van der Waals surface area contributed by atoms with Crippen LogP contribution in [0.15, 0.2) is 24.3 Å². The molecule has 2 aromatic rings. The van der Waals surface area contributed by atoms with Crippen molar-refractivity contribution in [2.45, 2.75) is 26.7 Å². The van der Waals surface area contributed by atoms with Gasteiger partial charge in [0.2, 0.25) is 0 Å². The Kier molecular flexibility index (Phi) is 3.90. The molecule has 0 unspecified atom stereocenters. The van der Waals surface area contributed by atoms with Gasteiger partial charge in [-0.25, -0.2) is 4.68 Å². The number of nitrogen functional groups attached to an aromatic ring is 1. The van der Waals surface area contributed by atoms with Gasteiger partial charge < -0.3 is 5.73 Å². The van der Waals surface area contributed by atoms with Crippen LogP contribution in [0.25, 0.3) is 5.69 Å². The molecule has 3 N–H and O–H groups in total. The molecular weight excluding hydrogens is 260 g/mol. The van der Waals surface area contributed by atoms with Crippen LogP contribution in [-0.4, -0.2) is 15.6 Å². The number of aromatic nitrogens is 2. The van der Waals surface area contributed by atoms with E-state index in [0.717, 1.165) is 29.9 Å². The van der Waals surface area contributed by atoms with Crippen LogP contribution >= 0.6 is 11.6 Å². The number of nitrogens with zero attached hydrogens (tertiary/aromatic N) is 2. The quantitative estimate of drug-likeness (QED) is 0.666. The first-order valence-electron chi connectivity index (χ1n) is 6.29. The SMILES string of the molecule is CCc1cc(CC)n(-c2cc(Cl)ccc2C(=N)N)n1. The first-order chi connectivity index (χ1) is 9.06. The van der Waals surface area contributed by atoms with Crippen molar-refractivity contribution in [3.8, 4) is 5.69 Å². The lowest BCUT2D eigenvalue weighted by Crippen LogP contribution is -2.16. The molecule has 1 aromatic heterocycles. The third-order valence-corrected chi connectivity index (χ3v) is 3.27. The van der Waals surface area contributed by atoms with E-state index < -0.39 is 0 Å². The maximum absolute atomic E-state index is 7.67. The van der Waals surface area contributed by atoms with E-state index in [1.54, 1.807) is 18.2 Å². The highest BCUT2D eigenvalue weighted by Crippen LogP contribution is 2.22. The summed E-state index contributed by atoms with van der Waals surface area (Å²) in [4.78, 5) is 0. The summed E-state index contributed by atoms with van der Waals surface area (Å²) in [7, 11) is 0. The minimum atomic E-state index is 0.0160. The van der Waals surface area contributed by atoms with E-state index in [0.29, 0.717) is 10.6 Å². The number of aryl methyl sites for hydroxylation is 2. The van der Waals surface area contributed by atoms with E-state index in [1.807, 2.05) is 4.68 Å². The Morgan fingerprint density at radius 3 is 2.63 bits per heavy atom. The Labute approximate surface area is 117 Å².